The van der Waals surface area contributed by atoms with Crippen molar-refractivity contribution in [1.82, 2.24) is 14.8 Å². The van der Waals surface area contributed by atoms with Gasteiger partial charge in [0.05, 0.1) is 29.8 Å². The molecule has 4 aromatic rings. The maximum Gasteiger partial charge on any atom is 0.293 e. The molecule has 2 aromatic heterocycles. The van der Waals surface area contributed by atoms with Crippen LogP contribution in [0.15, 0.2) is 76.4 Å². The third-order valence-electron chi connectivity index (χ3n) is 6.19. The van der Waals surface area contributed by atoms with Crippen LogP contribution in [-0.4, -0.2) is 26.5 Å². The number of nitrogens with one attached hydrogen (secondary N) is 1. The number of aryl methyl sites for hydroxylation is 1. The Labute approximate surface area is 223 Å². The monoisotopic (exact) mass is 533 g/mol. The Balaban J connectivity index is 1.43. The fraction of sp³-hybridized carbons (Fsp3) is 0.179. The molecule has 3 amide bonds. The molecule has 188 valence electrons. The van der Waals surface area contributed by atoms with Crippen LogP contribution in [0, 0.1) is 0 Å². The van der Waals surface area contributed by atoms with E-state index in [2.05, 4.69) is 12.2 Å². The molecule has 0 saturated carbocycles. The average Bonchev–Trinajstić information content (AvgIpc) is 3.60. The summed E-state index contributed by atoms with van der Waals surface area (Å²) in [5.74, 6) is 0.151. The van der Waals surface area contributed by atoms with Gasteiger partial charge in [-0.3, -0.25) is 19.3 Å². The lowest BCUT2D eigenvalue weighted by Crippen LogP contribution is -2.27. The van der Waals surface area contributed by atoms with Gasteiger partial charge in [-0.1, -0.05) is 54.9 Å². The fourth-order valence-corrected chi connectivity index (χ4v) is 5.40. The van der Waals surface area contributed by atoms with Crippen LogP contribution >= 0.6 is 23.4 Å². The van der Waals surface area contributed by atoms with Crippen LogP contribution in [0.25, 0.3) is 17.0 Å². The summed E-state index contributed by atoms with van der Waals surface area (Å²) < 4.78 is 7.18. The van der Waals surface area contributed by atoms with E-state index in [1.807, 2.05) is 35.0 Å². The summed E-state index contributed by atoms with van der Waals surface area (Å²) in [4.78, 5) is 40.1. The van der Waals surface area contributed by atoms with Crippen molar-refractivity contribution in [1.29, 1.82) is 0 Å². The van der Waals surface area contributed by atoms with E-state index in [0.29, 0.717) is 27.8 Å². The van der Waals surface area contributed by atoms with E-state index in [-0.39, 0.29) is 30.1 Å². The number of aromatic nitrogens is 1. The number of para-hydroxylation sites is 1. The highest BCUT2D eigenvalue weighted by Gasteiger charge is 2.35. The van der Waals surface area contributed by atoms with E-state index in [9.17, 15) is 14.4 Å². The Hall–Kier alpha value is -3.75. The number of imide groups is 1. The predicted molar refractivity (Wildman–Crippen MR) is 145 cm³/mol. The van der Waals surface area contributed by atoms with Gasteiger partial charge in [0, 0.05) is 22.2 Å². The Morgan fingerprint density at radius 2 is 1.89 bits per heavy atom. The van der Waals surface area contributed by atoms with Crippen molar-refractivity contribution < 1.29 is 18.8 Å². The number of thioether (sulfide) groups is 1. The van der Waals surface area contributed by atoms with Crippen molar-refractivity contribution in [3.05, 3.63) is 99.4 Å². The number of rotatable bonds is 8. The second-order valence-corrected chi connectivity index (χ2v) is 9.99. The quantitative estimate of drug-likeness (QED) is 0.281. The van der Waals surface area contributed by atoms with Crippen LogP contribution in [0.5, 0.6) is 0 Å². The highest BCUT2D eigenvalue weighted by Crippen LogP contribution is 2.36. The third-order valence-corrected chi connectivity index (χ3v) is 7.47. The van der Waals surface area contributed by atoms with E-state index in [1.54, 1.807) is 42.7 Å². The summed E-state index contributed by atoms with van der Waals surface area (Å²) in [6.45, 7) is 2.58. The molecule has 3 heterocycles. The van der Waals surface area contributed by atoms with Crippen LogP contribution in [0.3, 0.4) is 0 Å². The molecule has 5 rings (SSSR count). The summed E-state index contributed by atoms with van der Waals surface area (Å²) in [7, 11) is 0. The summed E-state index contributed by atoms with van der Waals surface area (Å²) in [5.41, 5.74) is 3.49. The maximum absolute atomic E-state index is 13.2. The van der Waals surface area contributed by atoms with Gasteiger partial charge in [0.1, 0.15) is 12.3 Å². The molecule has 1 N–H and O–H groups in total. The molecule has 0 atom stereocenters. The maximum atomic E-state index is 13.2. The molecule has 1 fully saturated rings. The lowest BCUT2D eigenvalue weighted by atomic mass is 10.1. The van der Waals surface area contributed by atoms with Crippen molar-refractivity contribution in [3.8, 4) is 0 Å². The van der Waals surface area contributed by atoms with Crippen molar-refractivity contribution in [2.24, 2.45) is 0 Å². The average molecular weight is 534 g/mol. The summed E-state index contributed by atoms with van der Waals surface area (Å²) >= 11 is 7.15. The lowest BCUT2D eigenvalue weighted by molar-refractivity contribution is -0.123. The first-order valence-corrected chi connectivity index (χ1v) is 13.0. The third kappa shape index (κ3) is 5.21. The van der Waals surface area contributed by atoms with Gasteiger partial charge in [0.25, 0.3) is 11.1 Å². The number of benzene rings is 2. The van der Waals surface area contributed by atoms with Crippen LogP contribution in [0.4, 0.5) is 4.79 Å². The highest BCUT2D eigenvalue weighted by atomic mass is 35.5. The molecule has 0 unspecified atom stereocenters. The van der Waals surface area contributed by atoms with Crippen molar-refractivity contribution in [3.63, 3.8) is 0 Å². The summed E-state index contributed by atoms with van der Waals surface area (Å²) in [5, 5.41) is 3.95. The first-order valence-electron chi connectivity index (χ1n) is 11.8. The predicted octanol–water partition coefficient (Wildman–Crippen LogP) is 6.00. The zero-order valence-corrected chi connectivity index (χ0v) is 21.6. The standard InChI is InChI=1S/C28H24ClN3O4S/c1-2-18-8-5-10-22-20(15-31(26(18)22)17-25(33)30-14-21-9-6-12-36-21)13-24-27(34)32(28(35)37-24)16-19-7-3-4-11-23(19)29/h3-13,15H,2,14,16-17H2,1H3,(H,30,33)/b24-13-. The largest absolute Gasteiger partial charge is 0.467 e. The van der Waals surface area contributed by atoms with E-state index in [4.69, 9.17) is 16.0 Å². The van der Waals surface area contributed by atoms with E-state index >= 15 is 0 Å². The second kappa shape index (κ2) is 10.7. The molecule has 1 aliphatic heterocycles. The first kappa shape index (κ1) is 24.9. The molecule has 0 radical (unpaired) electrons. The first-order chi connectivity index (χ1) is 17.9. The van der Waals surface area contributed by atoms with E-state index < -0.39 is 0 Å². The van der Waals surface area contributed by atoms with Gasteiger partial charge >= 0.3 is 0 Å². The number of hydrogen-bond donors (Lipinski definition) is 1. The number of nitrogens with zero attached hydrogens (tertiary/aromatic N) is 2. The van der Waals surface area contributed by atoms with Crippen molar-refractivity contribution in [2.45, 2.75) is 33.0 Å². The minimum absolute atomic E-state index is 0.107. The molecular weight excluding hydrogens is 510 g/mol. The number of hydrogen-bond acceptors (Lipinski definition) is 5. The fourth-order valence-electron chi connectivity index (χ4n) is 4.37. The number of amides is 3. The molecule has 1 saturated heterocycles. The van der Waals surface area contributed by atoms with E-state index in [1.165, 1.54) is 4.90 Å². The van der Waals surface area contributed by atoms with Crippen LogP contribution in [0.1, 0.15) is 29.4 Å². The number of carbonyl (C=O) groups is 3. The number of halogens is 1. The van der Waals surface area contributed by atoms with Gasteiger partial charge < -0.3 is 14.3 Å². The molecule has 0 aliphatic carbocycles. The molecule has 1 aliphatic rings. The van der Waals surface area contributed by atoms with Gasteiger partial charge in [-0.2, -0.15) is 0 Å². The van der Waals surface area contributed by atoms with E-state index in [0.717, 1.165) is 40.2 Å². The van der Waals surface area contributed by atoms with Crippen LogP contribution < -0.4 is 5.32 Å². The minimum atomic E-state index is -0.362. The zero-order chi connectivity index (χ0) is 25.9. The molecule has 37 heavy (non-hydrogen) atoms. The minimum Gasteiger partial charge on any atom is -0.467 e. The Morgan fingerprint density at radius 1 is 1.08 bits per heavy atom. The molecule has 7 nitrogen and oxygen atoms in total. The number of carbonyl (C=O) groups excluding carboxylic acids is 3. The lowest BCUT2D eigenvalue weighted by Gasteiger charge is -2.13. The second-order valence-electron chi connectivity index (χ2n) is 8.59. The smallest absolute Gasteiger partial charge is 0.293 e. The topological polar surface area (TPSA) is 84.5 Å². The number of furan rings is 1. The van der Waals surface area contributed by atoms with Gasteiger partial charge in [0.2, 0.25) is 5.91 Å². The van der Waals surface area contributed by atoms with Crippen molar-refractivity contribution in [2.75, 3.05) is 0 Å². The van der Waals surface area contributed by atoms with Crippen LogP contribution in [0.2, 0.25) is 5.02 Å². The normalized spacial score (nSPS) is 14.8. The molecule has 0 bridgehead atoms. The summed E-state index contributed by atoms with van der Waals surface area (Å²) in [6.07, 6.45) is 5.94. The van der Waals surface area contributed by atoms with Crippen LogP contribution in [-0.2, 0) is 35.6 Å². The zero-order valence-electron chi connectivity index (χ0n) is 20.1. The number of fused-ring (bicyclic) bond motifs is 1. The molecular formula is C28H24ClN3O4S. The molecule has 9 heteroatoms. The van der Waals surface area contributed by atoms with Gasteiger partial charge in [-0.15, -0.1) is 0 Å². The Kier molecular flexibility index (Phi) is 7.21. The Bertz CT molecular complexity index is 1520. The Morgan fingerprint density at radius 3 is 2.65 bits per heavy atom. The SMILES string of the molecule is CCc1cccc2c(/C=C3\SC(=O)N(Cc4ccccc4Cl)C3=O)cn(CC(=O)NCc3ccco3)c12. The molecule has 2 aromatic carbocycles. The van der Waals surface area contributed by atoms with Gasteiger partial charge in [-0.25, -0.2) is 0 Å². The molecule has 0 spiro atoms. The van der Waals surface area contributed by atoms with Gasteiger partial charge in [-0.05, 0) is 53.6 Å². The van der Waals surface area contributed by atoms with Gasteiger partial charge in [0.15, 0.2) is 0 Å². The highest BCUT2D eigenvalue weighted by molar-refractivity contribution is 8.18. The van der Waals surface area contributed by atoms with Crippen molar-refractivity contribution >= 4 is 57.4 Å². The summed E-state index contributed by atoms with van der Waals surface area (Å²) in [6, 6.07) is 16.7.